The summed E-state index contributed by atoms with van der Waals surface area (Å²) in [6.45, 7) is 7.43. The Bertz CT molecular complexity index is 470. The second kappa shape index (κ2) is 9.04. The van der Waals surface area contributed by atoms with E-state index in [1.165, 1.54) is 18.4 Å². The average molecular weight is 318 g/mol. The smallest absolute Gasteiger partial charge is 0.220 e. The number of hydrogen-bond donors (Lipinski definition) is 2. The lowest BCUT2D eigenvalue weighted by Crippen LogP contribution is -2.43. The lowest BCUT2D eigenvalue weighted by atomic mass is 9.97. The Morgan fingerprint density at radius 1 is 1.30 bits per heavy atom. The van der Waals surface area contributed by atoms with E-state index in [0.717, 1.165) is 19.0 Å². The predicted molar refractivity (Wildman–Crippen MR) is 93.3 cm³/mol. The Hall–Kier alpha value is -1.39. The van der Waals surface area contributed by atoms with Crippen molar-refractivity contribution >= 4 is 5.91 Å². The van der Waals surface area contributed by atoms with Crippen molar-refractivity contribution in [3.63, 3.8) is 0 Å². The summed E-state index contributed by atoms with van der Waals surface area (Å²) in [5.41, 5.74) is 1.17. The van der Waals surface area contributed by atoms with Gasteiger partial charge < -0.3 is 15.3 Å². The second-order valence-corrected chi connectivity index (χ2v) is 6.96. The molecule has 1 aliphatic rings. The van der Waals surface area contributed by atoms with E-state index in [-0.39, 0.29) is 11.8 Å². The normalized spacial score (nSPS) is 19.3. The number of carbonyl (C=O) groups is 1. The highest BCUT2D eigenvalue weighted by Crippen LogP contribution is 2.18. The number of β-amino-alcohol motifs (C(OH)–C–C–N with tert-alkyl or cyclic N) is 1. The molecule has 2 rings (SSSR count). The molecule has 1 fully saturated rings. The van der Waals surface area contributed by atoms with Crippen molar-refractivity contribution in [3.05, 3.63) is 35.9 Å². The fourth-order valence-electron chi connectivity index (χ4n) is 3.09. The number of amides is 1. The van der Waals surface area contributed by atoms with Crippen LogP contribution in [-0.4, -0.2) is 48.2 Å². The molecule has 1 aromatic carbocycles. The number of benzene rings is 1. The summed E-state index contributed by atoms with van der Waals surface area (Å²) in [6.07, 6.45) is 2.37. The van der Waals surface area contributed by atoms with Crippen molar-refractivity contribution in [1.82, 2.24) is 10.2 Å². The minimum absolute atomic E-state index is 0.00710. The first kappa shape index (κ1) is 18.0. The van der Waals surface area contributed by atoms with Crippen LogP contribution in [0.3, 0.4) is 0 Å². The number of aliphatic hydroxyl groups excluding tert-OH is 1. The zero-order valence-electron chi connectivity index (χ0n) is 14.4. The van der Waals surface area contributed by atoms with Gasteiger partial charge in [0.25, 0.3) is 0 Å². The van der Waals surface area contributed by atoms with Crippen LogP contribution in [0.2, 0.25) is 0 Å². The van der Waals surface area contributed by atoms with Gasteiger partial charge in [-0.25, -0.2) is 0 Å². The van der Waals surface area contributed by atoms with Crippen LogP contribution in [0.15, 0.2) is 30.3 Å². The quantitative estimate of drug-likeness (QED) is 0.811. The Labute approximate surface area is 139 Å². The van der Waals surface area contributed by atoms with Gasteiger partial charge in [-0.1, -0.05) is 44.2 Å². The van der Waals surface area contributed by atoms with Crippen molar-refractivity contribution in [2.75, 3.05) is 26.2 Å². The van der Waals surface area contributed by atoms with E-state index in [1.54, 1.807) is 0 Å². The number of hydrogen-bond acceptors (Lipinski definition) is 3. The van der Waals surface area contributed by atoms with Gasteiger partial charge in [-0.3, -0.25) is 4.79 Å². The molecule has 1 saturated heterocycles. The molecule has 0 saturated carbocycles. The van der Waals surface area contributed by atoms with Crippen LogP contribution in [0, 0.1) is 5.92 Å². The van der Waals surface area contributed by atoms with Gasteiger partial charge in [-0.15, -0.1) is 0 Å². The molecule has 0 aliphatic carbocycles. The van der Waals surface area contributed by atoms with Gasteiger partial charge in [-0.05, 0) is 43.3 Å². The first-order valence-corrected chi connectivity index (χ1v) is 8.76. The molecule has 2 N–H and O–H groups in total. The molecule has 0 spiro atoms. The molecular weight excluding hydrogens is 288 g/mol. The standard InChI is InChI=1S/C19H30N2O2/c1-15-8-10-21(11-9-15)14-18(22)13-20-19(23)12-16(2)17-6-4-3-5-7-17/h3-7,15-16,18,22H,8-14H2,1-2H3,(H,20,23). The predicted octanol–water partition coefficient (Wildman–Crippen LogP) is 2.39. The molecular formula is C19H30N2O2. The zero-order chi connectivity index (χ0) is 16.7. The van der Waals surface area contributed by atoms with Crippen LogP contribution >= 0.6 is 0 Å². The highest BCUT2D eigenvalue weighted by Gasteiger charge is 2.19. The number of nitrogens with zero attached hydrogens (tertiary/aromatic N) is 1. The maximum Gasteiger partial charge on any atom is 0.220 e. The highest BCUT2D eigenvalue weighted by atomic mass is 16.3. The number of rotatable bonds is 7. The van der Waals surface area contributed by atoms with Gasteiger partial charge in [0.2, 0.25) is 5.91 Å². The molecule has 1 amide bonds. The first-order valence-electron chi connectivity index (χ1n) is 8.76. The van der Waals surface area contributed by atoms with E-state index in [9.17, 15) is 9.90 Å². The minimum Gasteiger partial charge on any atom is -0.390 e. The summed E-state index contributed by atoms with van der Waals surface area (Å²) in [5.74, 6) is 0.993. The van der Waals surface area contributed by atoms with Gasteiger partial charge in [0.05, 0.1) is 6.10 Å². The summed E-state index contributed by atoms with van der Waals surface area (Å²) in [6, 6.07) is 10.1. The SMILES string of the molecule is CC1CCN(CC(O)CNC(=O)CC(C)c2ccccc2)CC1. The lowest BCUT2D eigenvalue weighted by molar-refractivity contribution is -0.121. The monoisotopic (exact) mass is 318 g/mol. The molecule has 0 radical (unpaired) electrons. The van der Waals surface area contributed by atoms with Crippen LogP contribution in [-0.2, 0) is 4.79 Å². The Morgan fingerprint density at radius 3 is 2.61 bits per heavy atom. The summed E-state index contributed by atoms with van der Waals surface area (Å²) < 4.78 is 0. The van der Waals surface area contributed by atoms with Gasteiger partial charge in [-0.2, -0.15) is 0 Å². The van der Waals surface area contributed by atoms with Crippen molar-refractivity contribution in [2.45, 2.75) is 45.1 Å². The van der Waals surface area contributed by atoms with Crippen molar-refractivity contribution in [2.24, 2.45) is 5.92 Å². The molecule has 23 heavy (non-hydrogen) atoms. The first-order chi connectivity index (χ1) is 11.0. The van der Waals surface area contributed by atoms with Gasteiger partial charge in [0, 0.05) is 19.5 Å². The molecule has 4 heteroatoms. The van der Waals surface area contributed by atoms with E-state index >= 15 is 0 Å². The number of likely N-dealkylation sites (tertiary alicyclic amines) is 1. The van der Waals surface area contributed by atoms with E-state index < -0.39 is 6.10 Å². The molecule has 0 bridgehead atoms. The van der Waals surface area contributed by atoms with Crippen LogP contribution in [0.4, 0.5) is 0 Å². The molecule has 2 unspecified atom stereocenters. The van der Waals surface area contributed by atoms with Gasteiger partial charge in [0.1, 0.15) is 0 Å². The maximum absolute atomic E-state index is 12.0. The molecule has 128 valence electrons. The molecule has 0 aromatic heterocycles. The molecule has 1 aliphatic heterocycles. The number of piperidine rings is 1. The number of aliphatic hydroxyl groups is 1. The summed E-state index contributed by atoms with van der Waals surface area (Å²) in [4.78, 5) is 14.3. The Balaban J connectivity index is 1.65. The van der Waals surface area contributed by atoms with Gasteiger partial charge in [0.15, 0.2) is 0 Å². The Kier molecular flexibility index (Phi) is 7.06. The third-order valence-corrected chi connectivity index (χ3v) is 4.74. The third kappa shape index (κ3) is 6.32. The molecule has 1 aromatic rings. The zero-order valence-corrected chi connectivity index (χ0v) is 14.4. The second-order valence-electron chi connectivity index (χ2n) is 6.96. The fraction of sp³-hybridized carbons (Fsp3) is 0.632. The van der Waals surface area contributed by atoms with Crippen molar-refractivity contribution in [1.29, 1.82) is 0 Å². The summed E-state index contributed by atoms with van der Waals surface area (Å²) in [7, 11) is 0. The van der Waals surface area contributed by atoms with E-state index in [0.29, 0.717) is 19.5 Å². The van der Waals surface area contributed by atoms with Crippen molar-refractivity contribution in [3.8, 4) is 0 Å². The topological polar surface area (TPSA) is 52.6 Å². The molecule has 2 atom stereocenters. The minimum atomic E-state index is -0.487. The fourth-order valence-corrected chi connectivity index (χ4v) is 3.09. The van der Waals surface area contributed by atoms with E-state index in [1.807, 2.05) is 30.3 Å². The Morgan fingerprint density at radius 2 is 1.96 bits per heavy atom. The van der Waals surface area contributed by atoms with Gasteiger partial charge >= 0.3 is 0 Å². The maximum atomic E-state index is 12.0. The summed E-state index contributed by atoms with van der Waals surface area (Å²) in [5, 5.41) is 13.0. The molecule has 4 nitrogen and oxygen atoms in total. The van der Waals surface area contributed by atoms with Crippen LogP contribution < -0.4 is 5.32 Å². The largest absolute Gasteiger partial charge is 0.390 e. The van der Waals surface area contributed by atoms with Crippen LogP contribution in [0.1, 0.15) is 44.6 Å². The average Bonchev–Trinajstić information content (AvgIpc) is 2.56. The van der Waals surface area contributed by atoms with Crippen molar-refractivity contribution < 1.29 is 9.90 Å². The van der Waals surface area contributed by atoms with Crippen LogP contribution in [0.25, 0.3) is 0 Å². The van der Waals surface area contributed by atoms with E-state index in [2.05, 4.69) is 24.1 Å². The number of carbonyl (C=O) groups excluding carboxylic acids is 1. The number of nitrogens with one attached hydrogen (secondary N) is 1. The van der Waals surface area contributed by atoms with Crippen LogP contribution in [0.5, 0.6) is 0 Å². The van der Waals surface area contributed by atoms with E-state index in [4.69, 9.17) is 0 Å². The third-order valence-electron chi connectivity index (χ3n) is 4.74. The molecule has 1 heterocycles. The lowest BCUT2D eigenvalue weighted by Gasteiger charge is -2.31. The summed E-state index contributed by atoms with van der Waals surface area (Å²) >= 11 is 0. The highest BCUT2D eigenvalue weighted by molar-refractivity contribution is 5.76.